The highest BCUT2D eigenvalue weighted by atomic mass is 35.5. The van der Waals surface area contributed by atoms with Crippen LogP contribution in [0, 0.1) is 5.82 Å². The van der Waals surface area contributed by atoms with Crippen molar-refractivity contribution in [2.24, 2.45) is 0 Å². The number of hydrogen-bond donors (Lipinski definition) is 1. The van der Waals surface area contributed by atoms with Crippen LogP contribution in [0.25, 0.3) is 11.0 Å². The monoisotopic (exact) mass is 242 g/mol. The van der Waals surface area contributed by atoms with Crippen LogP contribution in [0.15, 0.2) is 18.2 Å². The molecule has 16 heavy (non-hydrogen) atoms. The Kier molecular flexibility index (Phi) is 2.78. The maximum absolute atomic E-state index is 13.5. The molecule has 0 atom stereocenters. The Morgan fingerprint density at radius 1 is 1.56 bits per heavy atom. The van der Waals surface area contributed by atoms with Crippen LogP contribution in [0.3, 0.4) is 0 Å². The number of halogens is 2. The molecule has 0 unspecified atom stereocenters. The number of benzene rings is 1. The number of aryl methyl sites for hydroxylation is 1. The summed E-state index contributed by atoms with van der Waals surface area (Å²) in [5.74, 6) is -1.42. The molecular formula is C10H8ClFN2O2. The van der Waals surface area contributed by atoms with Gasteiger partial charge in [-0.2, -0.15) is 0 Å². The lowest BCUT2D eigenvalue weighted by Gasteiger charge is -2.03. The molecule has 0 fully saturated rings. The quantitative estimate of drug-likeness (QED) is 0.899. The second-order valence-electron chi connectivity index (χ2n) is 3.28. The molecule has 0 radical (unpaired) electrons. The molecule has 0 aliphatic carbocycles. The minimum Gasteiger partial charge on any atom is -0.481 e. The SMILES string of the molecule is O=C(O)CCn1c(Cl)nc2cccc(F)c21. The van der Waals surface area contributed by atoms with E-state index < -0.39 is 11.8 Å². The third-order valence-corrected chi connectivity index (χ3v) is 2.51. The Hall–Kier alpha value is -1.62. The zero-order chi connectivity index (χ0) is 11.7. The summed E-state index contributed by atoms with van der Waals surface area (Å²) in [6.07, 6.45) is -0.125. The van der Waals surface area contributed by atoms with Gasteiger partial charge >= 0.3 is 5.97 Å². The van der Waals surface area contributed by atoms with Crippen LogP contribution in [-0.4, -0.2) is 20.6 Å². The predicted molar refractivity (Wildman–Crippen MR) is 57.0 cm³/mol. The van der Waals surface area contributed by atoms with Crippen molar-refractivity contribution in [3.8, 4) is 0 Å². The molecule has 6 heteroatoms. The summed E-state index contributed by atoms with van der Waals surface area (Å²) in [5, 5.41) is 8.67. The van der Waals surface area contributed by atoms with Gasteiger partial charge in [-0.3, -0.25) is 4.79 Å². The standard InChI is InChI=1S/C10H8ClFN2O2/c11-10-13-7-3-1-2-6(12)9(7)14(10)5-4-8(15)16/h1-3H,4-5H2,(H,15,16). The van der Waals surface area contributed by atoms with E-state index in [0.29, 0.717) is 5.52 Å². The van der Waals surface area contributed by atoms with Crippen LogP contribution in [0.1, 0.15) is 6.42 Å². The topological polar surface area (TPSA) is 55.1 Å². The van der Waals surface area contributed by atoms with Gasteiger partial charge in [0, 0.05) is 6.54 Å². The molecule has 0 saturated heterocycles. The molecular weight excluding hydrogens is 235 g/mol. The van der Waals surface area contributed by atoms with Gasteiger partial charge in [0.2, 0.25) is 5.28 Å². The van der Waals surface area contributed by atoms with Crippen LogP contribution in [0.2, 0.25) is 5.28 Å². The lowest BCUT2D eigenvalue weighted by atomic mass is 10.3. The second-order valence-corrected chi connectivity index (χ2v) is 3.62. The third kappa shape index (κ3) is 1.86. The number of carbonyl (C=O) groups is 1. The summed E-state index contributed by atoms with van der Waals surface area (Å²) < 4.78 is 14.9. The Bertz CT molecular complexity index is 553. The largest absolute Gasteiger partial charge is 0.481 e. The first kappa shape index (κ1) is 10.9. The van der Waals surface area contributed by atoms with Crippen molar-refractivity contribution >= 4 is 28.6 Å². The Balaban J connectivity index is 2.50. The first-order valence-corrected chi connectivity index (χ1v) is 4.99. The lowest BCUT2D eigenvalue weighted by molar-refractivity contribution is -0.137. The van der Waals surface area contributed by atoms with E-state index >= 15 is 0 Å². The molecule has 4 nitrogen and oxygen atoms in total. The average molecular weight is 243 g/mol. The number of aliphatic carboxylic acids is 1. The van der Waals surface area contributed by atoms with E-state index in [1.54, 1.807) is 6.07 Å². The second kappa shape index (κ2) is 4.09. The summed E-state index contributed by atoms with van der Waals surface area (Å²) in [6.45, 7) is 0.103. The summed E-state index contributed by atoms with van der Waals surface area (Å²) in [7, 11) is 0. The normalized spacial score (nSPS) is 10.9. The molecule has 1 aromatic heterocycles. The van der Waals surface area contributed by atoms with Crippen molar-refractivity contribution in [1.82, 2.24) is 9.55 Å². The number of imidazole rings is 1. The zero-order valence-electron chi connectivity index (χ0n) is 8.15. The molecule has 84 valence electrons. The van der Waals surface area contributed by atoms with E-state index in [0.717, 1.165) is 0 Å². The van der Waals surface area contributed by atoms with Crippen LogP contribution in [-0.2, 0) is 11.3 Å². The van der Waals surface area contributed by atoms with Crippen molar-refractivity contribution in [2.75, 3.05) is 0 Å². The van der Waals surface area contributed by atoms with Gasteiger partial charge in [-0.05, 0) is 23.7 Å². The van der Waals surface area contributed by atoms with Gasteiger partial charge in [0.1, 0.15) is 11.3 Å². The fraction of sp³-hybridized carbons (Fsp3) is 0.200. The molecule has 0 aliphatic rings. The Morgan fingerprint density at radius 3 is 3.00 bits per heavy atom. The highest BCUT2D eigenvalue weighted by molar-refractivity contribution is 6.29. The van der Waals surface area contributed by atoms with Gasteiger partial charge in [0.05, 0.1) is 11.9 Å². The first-order chi connectivity index (χ1) is 7.59. The van der Waals surface area contributed by atoms with Gasteiger partial charge in [-0.25, -0.2) is 9.37 Å². The van der Waals surface area contributed by atoms with Crippen LogP contribution < -0.4 is 0 Å². The molecule has 2 rings (SSSR count). The lowest BCUT2D eigenvalue weighted by Crippen LogP contribution is -2.05. The molecule has 0 bridgehead atoms. The fourth-order valence-electron chi connectivity index (χ4n) is 1.52. The number of para-hydroxylation sites is 1. The third-order valence-electron chi connectivity index (χ3n) is 2.22. The average Bonchev–Trinajstić information content (AvgIpc) is 2.52. The Labute approximate surface area is 95.3 Å². The van der Waals surface area contributed by atoms with E-state index in [1.807, 2.05) is 0 Å². The summed E-state index contributed by atoms with van der Waals surface area (Å²) in [6, 6.07) is 4.45. The van der Waals surface area contributed by atoms with Gasteiger partial charge in [-0.1, -0.05) is 6.07 Å². The maximum atomic E-state index is 13.5. The first-order valence-electron chi connectivity index (χ1n) is 4.61. The number of fused-ring (bicyclic) bond motifs is 1. The van der Waals surface area contributed by atoms with Crippen molar-refractivity contribution < 1.29 is 14.3 Å². The molecule has 2 aromatic rings. The summed E-state index contributed by atoms with van der Waals surface area (Å²) in [4.78, 5) is 14.4. The summed E-state index contributed by atoms with van der Waals surface area (Å²) in [5.41, 5.74) is 0.670. The number of carboxylic acid groups (broad SMARTS) is 1. The number of hydrogen-bond acceptors (Lipinski definition) is 2. The van der Waals surface area contributed by atoms with Gasteiger partial charge < -0.3 is 9.67 Å². The van der Waals surface area contributed by atoms with Crippen molar-refractivity contribution in [1.29, 1.82) is 0 Å². The van der Waals surface area contributed by atoms with Crippen molar-refractivity contribution in [3.05, 3.63) is 29.3 Å². The molecule has 1 N–H and O–H groups in total. The van der Waals surface area contributed by atoms with E-state index in [4.69, 9.17) is 16.7 Å². The maximum Gasteiger partial charge on any atom is 0.305 e. The van der Waals surface area contributed by atoms with Gasteiger partial charge in [-0.15, -0.1) is 0 Å². The zero-order valence-corrected chi connectivity index (χ0v) is 8.91. The van der Waals surface area contributed by atoms with Crippen molar-refractivity contribution in [3.63, 3.8) is 0 Å². The van der Waals surface area contributed by atoms with Gasteiger partial charge in [0.25, 0.3) is 0 Å². The smallest absolute Gasteiger partial charge is 0.305 e. The van der Waals surface area contributed by atoms with E-state index in [2.05, 4.69) is 4.98 Å². The molecule has 0 aliphatic heterocycles. The minimum atomic E-state index is -0.964. The van der Waals surface area contributed by atoms with Crippen LogP contribution in [0.5, 0.6) is 0 Å². The highest BCUT2D eigenvalue weighted by Gasteiger charge is 2.13. The van der Waals surface area contributed by atoms with Gasteiger partial charge in [0.15, 0.2) is 0 Å². The molecule has 1 heterocycles. The van der Waals surface area contributed by atoms with Crippen LogP contribution in [0.4, 0.5) is 4.39 Å². The van der Waals surface area contributed by atoms with Crippen LogP contribution >= 0.6 is 11.6 Å². The molecule has 0 amide bonds. The van der Waals surface area contributed by atoms with E-state index in [-0.39, 0.29) is 23.8 Å². The molecule has 1 aromatic carbocycles. The van der Waals surface area contributed by atoms with E-state index in [9.17, 15) is 9.18 Å². The van der Waals surface area contributed by atoms with E-state index in [1.165, 1.54) is 16.7 Å². The predicted octanol–water partition coefficient (Wildman–Crippen LogP) is 2.30. The number of aromatic nitrogens is 2. The summed E-state index contributed by atoms with van der Waals surface area (Å²) >= 11 is 5.82. The van der Waals surface area contributed by atoms with Crippen molar-refractivity contribution in [2.45, 2.75) is 13.0 Å². The Morgan fingerprint density at radius 2 is 2.31 bits per heavy atom. The molecule has 0 saturated carbocycles. The molecule has 0 spiro atoms. The number of nitrogens with zero attached hydrogens (tertiary/aromatic N) is 2. The number of rotatable bonds is 3. The highest BCUT2D eigenvalue weighted by Crippen LogP contribution is 2.22. The fourth-order valence-corrected chi connectivity index (χ4v) is 1.78. The number of carboxylic acids is 1. The minimum absolute atomic E-state index is 0.0985.